The Morgan fingerprint density at radius 2 is 1.79 bits per heavy atom. The van der Waals surface area contributed by atoms with Crippen molar-refractivity contribution in [1.29, 1.82) is 0 Å². The normalized spacial score (nSPS) is 12.1. The van der Waals surface area contributed by atoms with Crippen molar-refractivity contribution >= 4 is 10.8 Å². The first-order valence-electron chi connectivity index (χ1n) is 10.2. The van der Waals surface area contributed by atoms with E-state index in [4.69, 9.17) is 4.74 Å². The minimum absolute atomic E-state index is 0.485. The average molecular weight is 377 g/mol. The van der Waals surface area contributed by atoms with Gasteiger partial charge in [-0.2, -0.15) is 0 Å². The molecule has 0 saturated carbocycles. The summed E-state index contributed by atoms with van der Waals surface area (Å²) < 4.78 is 18.9. The zero-order valence-electron chi connectivity index (χ0n) is 16.7. The van der Waals surface area contributed by atoms with E-state index < -0.39 is 6.17 Å². The van der Waals surface area contributed by atoms with Crippen LogP contribution in [0.1, 0.15) is 38.2 Å². The number of halogens is 1. The molecule has 0 fully saturated rings. The van der Waals surface area contributed by atoms with Crippen molar-refractivity contribution < 1.29 is 9.13 Å². The molecule has 0 bridgehead atoms. The molecule has 1 nitrogen and oxygen atoms in total. The maximum atomic E-state index is 12.9. The van der Waals surface area contributed by atoms with E-state index in [0.717, 1.165) is 42.6 Å². The van der Waals surface area contributed by atoms with E-state index in [1.54, 1.807) is 13.0 Å². The van der Waals surface area contributed by atoms with E-state index in [0.29, 0.717) is 13.0 Å². The Kier molecular flexibility index (Phi) is 7.25. The third-order valence-corrected chi connectivity index (χ3v) is 5.03. The summed E-state index contributed by atoms with van der Waals surface area (Å²) in [4.78, 5) is 0. The predicted octanol–water partition coefficient (Wildman–Crippen LogP) is 7.53. The highest BCUT2D eigenvalue weighted by molar-refractivity contribution is 5.88. The lowest BCUT2D eigenvalue weighted by molar-refractivity contribution is 0.330. The van der Waals surface area contributed by atoms with Gasteiger partial charge in [-0.05, 0) is 60.2 Å². The smallest absolute Gasteiger partial charge is 0.127 e. The number of hydrogen-bond acceptors (Lipinski definition) is 1. The number of benzene rings is 3. The first-order valence-corrected chi connectivity index (χ1v) is 10.2. The summed E-state index contributed by atoms with van der Waals surface area (Å²) in [6.45, 7) is 5.89. The zero-order valence-corrected chi connectivity index (χ0v) is 16.7. The van der Waals surface area contributed by atoms with Gasteiger partial charge in [0.1, 0.15) is 12.4 Å². The first kappa shape index (κ1) is 20.1. The van der Waals surface area contributed by atoms with Crippen LogP contribution in [0.5, 0.6) is 5.75 Å². The molecule has 0 spiro atoms. The van der Waals surface area contributed by atoms with E-state index >= 15 is 0 Å². The molecule has 0 N–H and O–H groups in total. The summed E-state index contributed by atoms with van der Waals surface area (Å²) in [5.74, 6) is 0.894. The number of hydrogen-bond donors (Lipinski definition) is 0. The van der Waals surface area contributed by atoms with Crippen LogP contribution in [0, 0.1) is 0 Å². The molecule has 3 aromatic rings. The molecule has 0 saturated heterocycles. The molecular weight excluding hydrogens is 347 g/mol. The number of alkyl halides is 1. The zero-order chi connectivity index (χ0) is 19.8. The lowest BCUT2D eigenvalue weighted by Gasteiger charge is -2.13. The third kappa shape index (κ3) is 5.45. The number of fused-ring (bicyclic) bond motifs is 1. The Morgan fingerprint density at radius 1 is 0.964 bits per heavy atom. The summed E-state index contributed by atoms with van der Waals surface area (Å²) in [5, 5.41) is 2.46. The monoisotopic (exact) mass is 376 g/mol. The minimum atomic E-state index is -0.694. The fourth-order valence-electron chi connectivity index (χ4n) is 3.52. The van der Waals surface area contributed by atoms with Gasteiger partial charge in [0, 0.05) is 5.56 Å². The molecule has 0 aromatic heterocycles. The van der Waals surface area contributed by atoms with Gasteiger partial charge in [-0.1, -0.05) is 74.0 Å². The van der Waals surface area contributed by atoms with Crippen molar-refractivity contribution in [3.63, 3.8) is 0 Å². The van der Waals surface area contributed by atoms with Crippen molar-refractivity contribution in [2.75, 3.05) is 6.61 Å². The highest BCUT2D eigenvalue weighted by Crippen LogP contribution is 2.33. The average Bonchev–Trinajstić information content (AvgIpc) is 2.71. The van der Waals surface area contributed by atoms with Crippen LogP contribution in [-0.4, -0.2) is 12.8 Å². The second-order valence-electron chi connectivity index (χ2n) is 7.37. The van der Waals surface area contributed by atoms with Crippen LogP contribution < -0.4 is 4.74 Å². The highest BCUT2D eigenvalue weighted by Gasteiger charge is 2.09. The van der Waals surface area contributed by atoms with Crippen LogP contribution in [0.3, 0.4) is 0 Å². The van der Waals surface area contributed by atoms with Gasteiger partial charge in [-0.25, -0.2) is 4.39 Å². The van der Waals surface area contributed by atoms with Gasteiger partial charge in [0.05, 0.1) is 6.17 Å². The van der Waals surface area contributed by atoms with Crippen molar-refractivity contribution in [2.24, 2.45) is 0 Å². The minimum Gasteiger partial charge on any atom is -0.489 e. The summed E-state index contributed by atoms with van der Waals surface area (Å²) in [7, 11) is 0. The number of unbranched alkanes of at least 4 members (excludes halogenated alkanes) is 2. The summed E-state index contributed by atoms with van der Waals surface area (Å²) >= 11 is 0. The predicted molar refractivity (Wildman–Crippen MR) is 118 cm³/mol. The van der Waals surface area contributed by atoms with Gasteiger partial charge in [0.2, 0.25) is 0 Å². The fourth-order valence-corrected chi connectivity index (χ4v) is 3.52. The van der Waals surface area contributed by atoms with Crippen molar-refractivity contribution in [3.05, 3.63) is 78.9 Å². The molecule has 2 heteroatoms. The Labute approximate surface area is 167 Å². The van der Waals surface area contributed by atoms with Gasteiger partial charge in [0.25, 0.3) is 0 Å². The third-order valence-electron chi connectivity index (χ3n) is 5.03. The van der Waals surface area contributed by atoms with Crippen LogP contribution >= 0.6 is 0 Å². The summed E-state index contributed by atoms with van der Waals surface area (Å²) in [6.07, 6.45) is 5.81. The molecule has 0 aliphatic carbocycles. The summed E-state index contributed by atoms with van der Waals surface area (Å²) in [5.41, 5.74) is 3.51. The molecule has 0 radical (unpaired) electrons. The first-order chi connectivity index (χ1) is 13.7. The maximum Gasteiger partial charge on any atom is 0.127 e. The Hall–Kier alpha value is -2.61. The fraction of sp³-hybridized carbons (Fsp3) is 0.308. The van der Waals surface area contributed by atoms with E-state index in [1.807, 2.05) is 0 Å². The van der Waals surface area contributed by atoms with Crippen LogP contribution in [0.2, 0.25) is 0 Å². The molecule has 0 aliphatic heterocycles. The lowest BCUT2D eigenvalue weighted by Crippen LogP contribution is -1.97. The largest absolute Gasteiger partial charge is 0.489 e. The van der Waals surface area contributed by atoms with Crippen LogP contribution in [0.15, 0.2) is 73.3 Å². The Bertz CT molecular complexity index is 913. The molecule has 1 unspecified atom stereocenters. The number of aryl methyl sites for hydroxylation is 1. The SMILES string of the molecule is C=CCOc1cc(CCCCCC(C)F)ccc1-c1ccc2ccccc2c1. The molecule has 0 heterocycles. The molecular formula is C26H29FO. The Morgan fingerprint density at radius 3 is 2.57 bits per heavy atom. The molecule has 3 rings (SSSR count). The van der Waals surface area contributed by atoms with Gasteiger partial charge in [-0.15, -0.1) is 0 Å². The molecule has 3 aromatic carbocycles. The number of ether oxygens (including phenoxy) is 1. The molecule has 28 heavy (non-hydrogen) atoms. The highest BCUT2D eigenvalue weighted by atomic mass is 19.1. The maximum absolute atomic E-state index is 12.9. The second kappa shape index (κ2) is 10.1. The number of rotatable bonds is 10. The van der Waals surface area contributed by atoms with Crippen LogP contribution in [0.25, 0.3) is 21.9 Å². The molecule has 0 amide bonds. The van der Waals surface area contributed by atoms with Crippen molar-refractivity contribution in [1.82, 2.24) is 0 Å². The second-order valence-corrected chi connectivity index (χ2v) is 7.37. The van der Waals surface area contributed by atoms with Crippen LogP contribution in [-0.2, 0) is 6.42 Å². The molecule has 1 atom stereocenters. The van der Waals surface area contributed by atoms with E-state index in [1.165, 1.54) is 16.3 Å². The Balaban J connectivity index is 1.78. The quantitative estimate of drug-likeness (QED) is 0.262. The molecule has 146 valence electrons. The van der Waals surface area contributed by atoms with Crippen molar-refractivity contribution in [2.45, 2.75) is 45.2 Å². The van der Waals surface area contributed by atoms with E-state index in [9.17, 15) is 4.39 Å². The van der Waals surface area contributed by atoms with Gasteiger partial charge in [0.15, 0.2) is 0 Å². The van der Waals surface area contributed by atoms with Gasteiger partial charge >= 0.3 is 0 Å². The lowest BCUT2D eigenvalue weighted by atomic mass is 9.97. The molecule has 0 aliphatic rings. The van der Waals surface area contributed by atoms with E-state index in [-0.39, 0.29) is 0 Å². The van der Waals surface area contributed by atoms with Crippen molar-refractivity contribution in [3.8, 4) is 16.9 Å². The standard InChI is InChI=1S/C26H29FO/c1-3-17-28-26-18-21(10-6-4-5-9-20(2)27)13-16-25(26)24-15-14-22-11-7-8-12-23(22)19-24/h3,7-8,11-16,18-20H,1,4-6,9-10,17H2,2H3. The summed E-state index contributed by atoms with van der Waals surface area (Å²) in [6, 6.07) is 21.4. The van der Waals surface area contributed by atoms with Gasteiger partial charge < -0.3 is 4.74 Å². The van der Waals surface area contributed by atoms with Gasteiger partial charge in [-0.3, -0.25) is 0 Å². The van der Waals surface area contributed by atoms with E-state index in [2.05, 4.69) is 67.2 Å². The topological polar surface area (TPSA) is 9.23 Å². The van der Waals surface area contributed by atoms with Crippen LogP contribution in [0.4, 0.5) is 4.39 Å².